The molecule has 0 aliphatic heterocycles. The molecule has 0 saturated heterocycles. The fourth-order valence-electron chi connectivity index (χ4n) is 2.08. The van der Waals surface area contributed by atoms with Crippen LogP contribution in [0.1, 0.15) is 24.4 Å². The molecule has 2 atom stereocenters. The van der Waals surface area contributed by atoms with E-state index < -0.39 is 29.9 Å². The van der Waals surface area contributed by atoms with Crippen molar-refractivity contribution in [1.29, 1.82) is 0 Å². The van der Waals surface area contributed by atoms with Crippen LogP contribution in [0.25, 0.3) is 0 Å². The van der Waals surface area contributed by atoms with Crippen LogP contribution >= 0.6 is 11.6 Å². The highest BCUT2D eigenvalue weighted by molar-refractivity contribution is 6.31. The molecule has 0 radical (unpaired) electrons. The molecule has 8 nitrogen and oxygen atoms in total. The number of carbonyl (C=O) groups excluding carboxylic acids is 3. The molecular weight excluding hydrogens is 376 g/mol. The average molecular weight is 395 g/mol. The SMILES string of the molecule is COc1ccc(Cl)cc1NC(=O)[C@@H](C)OC(=O)[C@H](C)NC(=O)c1ccco1. The lowest BCUT2D eigenvalue weighted by Gasteiger charge is -2.18. The fourth-order valence-corrected chi connectivity index (χ4v) is 2.25. The highest BCUT2D eigenvalue weighted by Gasteiger charge is 2.24. The van der Waals surface area contributed by atoms with Gasteiger partial charge in [0.05, 0.1) is 19.1 Å². The maximum absolute atomic E-state index is 12.3. The van der Waals surface area contributed by atoms with Crippen LogP contribution in [0.3, 0.4) is 0 Å². The number of hydrogen-bond donors (Lipinski definition) is 2. The molecule has 0 spiro atoms. The van der Waals surface area contributed by atoms with Crippen molar-refractivity contribution in [2.24, 2.45) is 0 Å². The number of furan rings is 1. The summed E-state index contributed by atoms with van der Waals surface area (Å²) in [6, 6.07) is 6.76. The highest BCUT2D eigenvalue weighted by atomic mass is 35.5. The van der Waals surface area contributed by atoms with Crippen LogP contribution in [-0.2, 0) is 14.3 Å². The van der Waals surface area contributed by atoms with E-state index in [2.05, 4.69) is 10.6 Å². The lowest BCUT2D eigenvalue weighted by molar-refractivity contribution is -0.154. The van der Waals surface area contributed by atoms with E-state index in [-0.39, 0.29) is 5.76 Å². The highest BCUT2D eigenvalue weighted by Crippen LogP contribution is 2.27. The van der Waals surface area contributed by atoms with Gasteiger partial charge in [-0.05, 0) is 44.2 Å². The Bertz CT molecular complexity index is 821. The predicted octanol–water partition coefficient (Wildman–Crippen LogP) is 2.63. The van der Waals surface area contributed by atoms with Gasteiger partial charge >= 0.3 is 5.97 Å². The van der Waals surface area contributed by atoms with Crippen LogP contribution in [0.15, 0.2) is 41.0 Å². The number of amides is 2. The molecule has 0 aliphatic carbocycles. The van der Waals surface area contributed by atoms with Crippen molar-refractivity contribution >= 4 is 35.1 Å². The van der Waals surface area contributed by atoms with E-state index in [1.165, 1.54) is 39.4 Å². The van der Waals surface area contributed by atoms with Gasteiger partial charge < -0.3 is 24.5 Å². The molecular formula is C18H19ClN2O6. The number of hydrogen-bond acceptors (Lipinski definition) is 6. The first-order valence-corrected chi connectivity index (χ1v) is 8.39. The van der Waals surface area contributed by atoms with Crippen molar-refractivity contribution in [3.63, 3.8) is 0 Å². The van der Waals surface area contributed by atoms with Gasteiger partial charge in [-0.3, -0.25) is 9.59 Å². The summed E-state index contributed by atoms with van der Waals surface area (Å²) in [5.41, 5.74) is 0.345. The Morgan fingerprint density at radius 2 is 1.93 bits per heavy atom. The lowest BCUT2D eigenvalue weighted by Crippen LogP contribution is -2.42. The molecule has 0 fully saturated rings. The zero-order valence-electron chi connectivity index (χ0n) is 14.9. The molecule has 2 N–H and O–H groups in total. The summed E-state index contributed by atoms with van der Waals surface area (Å²) < 4.78 is 15.2. The number of ether oxygens (including phenoxy) is 2. The number of esters is 1. The van der Waals surface area contributed by atoms with Crippen LogP contribution in [0, 0.1) is 0 Å². The molecule has 0 bridgehead atoms. The first-order chi connectivity index (χ1) is 12.8. The van der Waals surface area contributed by atoms with E-state index in [1.54, 1.807) is 18.2 Å². The van der Waals surface area contributed by atoms with E-state index in [9.17, 15) is 14.4 Å². The Morgan fingerprint density at radius 1 is 1.19 bits per heavy atom. The average Bonchev–Trinajstić information content (AvgIpc) is 3.16. The second-order valence-corrected chi connectivity index (χ2v) is 6.02. The maximum Gasteiger partial charge on any atom is 0.329 e. The molecule has 1 aromatic heterocycles. The van der Waals surface area contributed by atoms with Crippen LogP contribution in [0.5, 0.6) is 5.75 Å². The Labute approximate surface area is 160 Å². The van der Waals surface area contributed by atoms with Crippen molar-refractivity contribution in [3.05, 3.63) is 47.4 Å². The number of benzene rings is 1. The normalized spacial score (nSPS) is 12.6. The van der Waals surface area contributed by atoms with Crippen LogP contribution < -0.4 is 15.4 Å². The van der Waals surface area contributed by atoms with Gasteiger partial charge in [-0.15, -0.1) is 0 Å². The van der Waals surface area contributed by atoms with Gasteiger partial charge in [0.25, 0.3) is 11.8 Å². The molecule has 0 saturated carbocycles. The van der Waals surface area contributed by atoms with Crippen molar-refractivity contribution in [2.45, 2.75) is 26.0 Å². The third kappa shape index (κ3) is 5.49. The summed E-state index contributed by atoms with van der Waals surface area (Å²) in [5, 5.41) is 5.41. The number of halogens is 1. The number of anilines is 1. The molecule has 1 aromatic carbocycles. The Kier molecular flexibility index (Phi) is 6.84. The quantitative estimate of drug-likeness (QED) is 0.699. The minimum atomic E-state index is -1.11. The van der Waals surface area contributed by atoms with Gasteiger partial charge in [0, 0.05) is 5.02 Å². The number of methoxy groups -OCH3 is 1. The van der Waals surface area contributed by atoms with Gasteiger partial charge in [0.15, 0.2) is 11.9 Å². The Hall–Kier alpha value is -3.00. The monoisotopic (exact) mass is 394 g/mol. The van der Waals surface area contributed by atoms with E-state index in [0.717, 1.165) is 0 Å². The molecule has 0 unspecified atom stereocenters. The molecule has 2 amide bonds. The minimum absolute atomic E-state index is 0.0634. The first-order valence-electron chi connectivity index (χ1n) is 8.01. The van der Waals surface area contributed by atoms with Gasteiger partial charge in [0.1, 0.15) is 11.8 Å². The predicted molar refractivity (Wildman–Crippen MR) is 97.8 cm³/mol. The topological polar surface area (TPSA) is 107 Å². The first kappa shape index (κ1) is 20.3. The van der Waals surface area contributed by atoms with Crippen LogP contribution in [-0.4, -0.2) is 37.0 Å². The molecule has 144 valence electrons. The zero-order valence-corrected chi connectivity index (χ0v) is 15.7. The van der Waals surface area contributed by atoms with E-state index in [4.69, 9.17) is 25.5 Å². The van der Waals surface area contributed by atoms with Crippen molar-refractivity contribution in [2.75, 3.05) is 12.4 Å². The largest absolute Gasteiger partial charge is 0.495 e. The summed E-state index contributed by atoms with van der Waals surface area (Å²) in [7, 11) is 1.45. The molecule has 0 aliphatic rings. The second-order valence-electron chi connectivity index (χ2n) is 5.59. The Morgan fingerprint density at radius 3 is 2.56 bits per heavy atom. The standard InChI is InChI=1S/C18H19ClN2O6/c1-10(20-17(23)15-5-4-8-26-15)18(24)27-11(2)16(22)21-13-9-12(19)6-7-14(13)25-3/h4-11H,1-3H3,(H,20,23)(H,21,22)/t10-,11+/m0/s1. The third-order valence-corrected chi connectivity index (χ3v) is 3.76. The zero-order chi connectivity index (χ0) is 20.0. The fraction of sp³-hybridized carbons (Fsp3) is 0.278. The van der Waals surface area contributed by atoms with Crippen molar-refractivity contribution < 1.29 is 28.3 Å². The summed E-state index contributed by atoms with van der Waals surface area (Å²) in [6.45, 7) is 2.85. The lowest BCUT2D eigenvalue weighted by atomic mass is 10.2. The number of carbonyl (C=O) groups is 3. The number of nitrogens with one attached hydrogen (secondary N) is 2. The molecule has 27 heavy (non-hydrogen) atoms. The Balaban J connectivity index is 1.92. The van der Waals surface area contributed by atoms with Gasteiger partial charge in [-0.25, -0.2) is 4.79 Å². The second kappa shape index (κ2) is 9.09. The van der Waals surface area contributed by atoms with E-state index in [1.807, 2.05) is 0 Å². The summed E-state index contributed by atoms with van der Waals surface area (Å²) >= 11 is 5.91. The smallest absolute Gasteiger partial charge is 0.329 e. The molecule has 1 heterocycles. The van der Waals surface area contributed by atoms with Crippen LogP contribution in [0.2, 0.25) is 5.02 Å². The summed E-state index contributed by atoms with van der Waals surface area (Å²) in [5.74, 6) is -1.44. The van der Waals surface area contributed by atoms with Gasteiger partial charge in [-0.2, -0.15) is 0 Å². The third-order valence-electron chi connectivity index (χ3n) is 3.53. The molecule has 2 rings (SSSR count). The molecule has 2 aromatic rings. The van der Waals surface area contributed by atoms with Gasteiger partial charge in [-0.1, -0.05) is 11.6 Å². The van der Waals surface area contributed by atoms with E-state index >= 15 is 0 Å². The minimum Gasteiger partial charge on any atom is -0.495 e. The summed E-state index contributed by atoms with van der Waals surface area (Å²) in [6.07, 6.45) is 0.234. The van der Waals surface area contributed by atoms with Crippen molar-refractivity contribution in [1.82, 2.24) is 5.32 Å². The van der Waals surface area contributed by atoms with Crippen molar-refractivity contribution in [3.8, 4) is 5.75 Å². The van der Waals surface area contributed by atoms with Crippen LogP contribution in [0.4, 0.5) is 5.69 Å². The maximum atomic E-state index is 12.3. The summed E-state index contributed by atoms with van der Waals surface area (Å²) in [4.78, 5) is 36.2. The molecule has 9 heteroatoms. The van der Waals surface area contributed by atoms with E-state index in [0.29, 0.717) is 16.5 Å². The number of rotatable bonds is 7. The van der Waals surface area contributed by atoms with Gasteiger partial charge in [0.2, 0.25) is 0 Å².